The number of rotatable bonds is 6. The summed E-state index contributed by atoms with van der Waals surface area (Å²) in [6.07, 6.45) is 0.393. The van der Waals surface area contributed by atoms with Crippen LogP contribution in [0.1, 0.15) is 20.3 Å². The Morgan fingerprint density at radius 1 is 1.12 bits per heavy atom. The monoisotopic (exact) mass is 384 g/mol. The minimum Gasteiger partial charge on any atom is -0.326 e. The Hall–Kier alpha value is -2.12. The third-order valence-corrected chi connectivity index (χ3v) is 4.85. The van der Waals surface area contributed by atoms with Crippen molar-refractivity contribution in [1.82, 2.24) is 0 Å². The highest BCUT2D eigenvalue weighted by atomic mass is 35.5. The quantitative estimate of drug-likeness (QED) is 0.781. The predicted molar refractivity (Wildman–Crippen MR) is 96.7 cm³/mol. The molecule has 2 aromatic carbocycles. The minimum atomic E-state index is -4.08. The minimum absolute atomic E-state index is 0.109. The van der Waals surface area contributed by atoms with Gasteiger partial charge in [-0.1, -0.05) is 25.4 Å². The zero-order valence-corrected chi connectivity index (χ0v) is 15.3. The molecule has 0 aromatic heterocycles. The van der Waals surface area contributed by atoms with Gasteiger partial charge >= 0.3 is 0 Å². The fraction of sp³-hybridized carbons (Fsp3) is 0.235. The van der Waals surface area contributed by atoms with Crippen molar-refractivity contribution in [3.8, 4) is 0 Å². The van der Waals surface area contributed by atoms with E-state index in [2.05, 4.69) is 10.0 Å². The van der Waals surface area contributed by atoms with Gasteiger partial charge < -0.3 is 5.32 Å². The molecule has 0 saturated heterocycles. The molecule has 0 aliphatic rings. The second-order valence-corrected chi connectivity index (χ2v) is 7.99. The number of anilines is 2. The maximum atomic E-state index is 13.8. The van der Waals surface area contributed by atoms with Crippen LogP contribution < -0.4 is 10.0 Å². The van der Waals surface area contributed by atoms with Crippen LogP contribution in [0, 0.1) is 11.7 Å². The fourth-order valence-electron chi connectivity index (χ4n) is 2.11. The molecule has 0 saturated carbocycles. The zero-order valence-electron chi connectivity index (χ0n) is 13.7. The molecule has 1 amide bonds. The molecule has 8 heteroatoms. The average Bonchev–Trinajstić information content (AvgIpc) is 2.47. The van der Waals surface area contributed by atoms with Crippen LogP contribution in [0.25, 0.3) is 0 Å². The number of hydrogen-bond acceptors (Lipinski definition) is 3. The van der Waals surface area contributed by atoms with E-state index in [9.17, 15) is 17.6 Å². The second kappa shape index (κ2) is 7.84. The standard InChI is InChI=1S/C17H18ClFN2O3S/c1-11(2)9-17(22)20-13-4-6-14(7-5-13)21-25(23,24)16-8-3-12(18)10-15(16)19/h3-8,10-11,21H,9H2,1-2H3,(H,20,22). The van der Waals surface area contributed by atoms with Crippen LogP contribution in [-0.4, -0.2) is 14.3 Å². The lowest BCUT2D eigenvalue weighted by Gasteiger charge is -2.11. The third-order valence-electron chi connectivity index (χ3n) is 3.20. The maximum Gasteiger partial charge on any atom is 0.264 e. The topological polar surface area (TPSA) is 75.3 Å². The SMILES string of the molecule is CC(C)CC(=O)Nc1ccc(NS(=O)(=O)c2ccc(Cl)cc2F)cc1. The lowest BCUT2D eigenvalue weighted by atomic mass is 10.1. The van der Waals surface area contributed by atoms with Gasteiger partial charge in [-0.25, -0.2) is 12.8 Å². The highest BCUT2D eigenvalue weighted by molar-refractivity contribution is 7.92. The molecule has 2 rings (SSSR count). The molecule has 0 aliphatic carbocycles. The molecule has 0 heterocycles. The van der Waals surface area contributed by atoms with Crippen LogP contribution in [-0.2, 0) is 14.8 Å². The summed E-state index contributed by atoms with van der Waals surface area (Å²) in [7, 11) is -4.08. The van der Waals surface area contributed by atoms with E-state index in [4.69, 9.17) is 11.6 Å². The molecule has 134 valence electrons. The van der Waals surface area contributed by atoms with Crippen LogP contribution in [0.4, 0.5) is 15.8 Å². The number of sulfonamides is 1. The third kappa shape index (κ3) is 5.44. The smallest absolute Gasteiger partial charge is 0.264 e. The lowest BCUT2D eigenvalue weighted by molar-refractivity contribution is -0.116. The van der Waals surface area contributed by atoms with Gasteiger partial charge in [0.05, 0.1) is 0 Å². The number of halogens is 2. The molecule has 0 atom stereocenters. The van der Waals surface area contributed by atoms with Crippen molar-refractivity contribution in [2.75, 3.05) is 10.0 Å². The summed E-state index contributed by atoms with van der Waals surface area (Å²) < 4.78 is 40.6. The van der Waals surface area contributed by atoms with Crippen molar-refractivity contribution in [3.05, 3.63) is 53.3 Å². The Morgan fingerprint density at radius 3 is 2.28 bits per heavy atom. The summed E-state index contributed by atoms with van der Waals surface area (Å²) in [6.45, 7) is 3.88. The van der Waals surface area contributed by atoms with Crippen molar-refractivity contribution >= 4 is 38.9 Å². The van der Waals surface area contributed by atoms with Crippen molar-refractivity contribution in [1.29, 1.82) is 0 Å². The van der Waals surface area contributed by atoms with E-state index in [0.29, 0.717) is 12.1 Å². The van der Waals surface area contributed by atoms with Gasteiger partial charge in [0.15, 0.2) is 0 Å². The van der Waals surface area contributed by atoms with Crippen LogP contribution in [0.2, 0.25) is 5.02 Å². The van der Waals surface area contributed by atoms with Crippen molar-refractivity contribution < 1.29 is 17.6 Å². The normalized spacial score (nSPS) is 11.4. The van der Waals surface area contributed by atoms with Crippen LogP contribution in [0.15, 0.2) is 47.4 Å². The van der Waals surface area contributed by atoms with E-state index in [-0.39, 0.29) is 22.5 Å². The average molecular weight is 385 g/mol. The number of carbonyl (C=O) groups excluding carboxylic acids is 1. The number of nitrogens with one attached hydrogen (secondary N) is 2. The van der Waals surface area contributed by atoms with E-state index >= 15 is 0 Å². The van der Waals surface area contributed by atoms with Crippen molar-refractivity contribution in [2.24, 2.45) is 5.92 Å². The molecule has 2 N–H and O–H groups in total. The van der Waals surface area contributed by atoms with Crippen LogP contribution >= 0.6 is 11.6 Å². The van der Waals surface area contributed by atoms with Gasteiger partial charge in [0, 0.05) is 22.8 Å². The van der Waals surface area contributed by atoms with Crippen molar-refractivity contribution in [2.45, 2.75) is 25.2 Å². The molecular weight excluding hydrogens is 367 g/mol. The van der Waals surface area contributed by atoms with E-state index in [1.54, 1.807) is 12.1 Å². The Bertz CT molecular complexity index is 868. The molecule has 25 heavy (non-hydrogen) atoms. The zero-order chi connectivity index (χ0) is 18.6. The summed E-state index contributed by atoms with van der Waals surface area (Å²) in [5.74, 6) is -0.815. The highest BCUT2D eigenvalue weighted by Gasteiger charge is 2.19. The van der Waals surface area contributed by atoms with Crippen LogP contribution in [0.5, 0.6) is 0 Å². The van der Waals surface area contributed by atoms with E-state index in [1.807, 2.05) is 13.8 Å². The van der Waals surface area contributed by atoms with Gasteiger partial charge in [-0.3, -0.25) is 9.52 Å². The second-order valence-electron chi connectivity index (χ2n) is 5.90. The summed E-state index contributed by atoms with van der Waals surface area (Å²) >= 11 is 5.63. The Balaban J connectivity index is 2.11. The molecular formula is C17H18ClFN2O3S. The number of hydrogen-bond donors (Lipinski definition) is 2. The summed E-state index contributed by atoms with van der Waals surface area (Å²) in [6, 6.07) is 9.42. The van der Waals surface area contributed by atoms with E-state index in [1.165, 1.54) is 18.2 Å². The molecule has 2 aromatic rings. The molecule has 0 unspecified atom stereocenters. The molecule has 5 nitrogen and oxygen atoms in total. The van der Waals surface area contributed by atoms with Crippen LogP contribution in [0.3, 0.4) is 0 Å². The fourth-order valence-corrected chi connectivity index (χ4v) is 3.39. The van der Waals surface area contributed by atoms with E-state index in [0.717, 1.165) is 12.1 Å². The first-order chi connectivity index (χ1) is 11.7. The van der Waals surface area contributed by atoms with Gasteiger partial charge in [0.2, 0.25) is 5.91 Å². The van der Waals surface area contributed by atoms with Gasteiger partial charge in [-0.2, -0.15) is 0 Å². The first-order valence-electron chi connectivity index (χ1n) is 7.55. The Morgan fingerprint density at radius 2 is 1.72 bits per heavy atom. The van der Waals surface area contributed by atoms with Gasteiger partial charge in [0.1, 0.15) is 10.7 Å². The molecule has 0 radical (unpaired) electrons. The first kappa shape index (κ1) is 19.2. The number of carbonyl (C=O) groups is 1. The largest absolute Gasteiger partial charge is 0.326 e. The van der Waals surface area contributed by atoms with Gasteiger partial charge in [-0.15, -0.1) is 0 Å². The summed E-state index contributed by atoms with van der Waals surface area (Å²) in [5, 5.41) is 2.83. The summed E-state index contributed by atoms with van der Waals surface area (Å²) in [4.78, 5) is 11.2. The van der Waals surface area contributed by atoms with Gasteiger partial charge in [-0.05, 0) is 48.4 Å². The first-order valence-corrected chi connectivity index (χ1v) is 9.41. The highest BCUT2D eigenvalue weighted by Crippen LogP contribution is 2.22. The lowest BCUT2D eigenvalue weighted by Crippen LogP contribution is -2.15. The molecule has 0 fully saturated rings. The Kier molecular flexibility index (Phi) is 6.02. The number of amides is 1. The van der Waals surface area contributed by atoms with E-state index < -0.39 is 20.7 Å². The van der Waals surface area contributed by atoms with Gasteiger partial charge in [0.25, 0.3) is 10.0 Å². The Labute approximate surface area is 151 Å². The molecule has 0 aliphatic heterocycles. The predicted octanol–water partition coefficient (Wildman–Crippen LogP) is 4.26. The summed E-state index contributed by atoms with van der Waals surface area (Å²) in [5.41, 5.74) is 0.794. The molecule has 0 bridgehead atoms. The molecule has 0 spiro atoms. The number of benzene rings is 2. The van der Waals surface area contributed by atoms with Crippen molar-refractivity contribution in [3.63, 3.8) is 0 Å². The maximum absolute atomic E-state index is 13.8.